The molecule has 4 aromatic heterocycles. The molecule has 5 aromatic rings. The number of carbonyl (C=O) groups is 1. The summed E-state index contributed by atoms with van der Waals surface area (Å²) >= 11 is 0. The van der Waals surface area contributed by atoms with Gasteiger partial charge in [0.05, 0.1) is 34.6 Å². The average Bonchev–Trinajstić information content (AvgIpc) is 3.56. The molecule has 0 saturated carbocycles. The monoisotopic (exact) mass is 452 g/mol. The highest BCUT2D eigenvalue weighted by Crippen LogP contribution is 2.31. The highest BCUT2D eigenvalue weighted by atomic mass is 16.5. The van der Waals surface area contributed by atoms with Gasteiger partial charge in [-0.25, -0.2) is 9.97 Å². The number of pyridine rings is 1. The van der Waals surface area contributed by atoms with Crippen molar-refractivity contribution in [1.82, 2.24) is 34.9 Å². The highest BCUT2D eigenvalue weighted by Gasteiger charge is 2.21. The van der Waals surface area contributed by atoms with E-state index in [1.165, 1.54) is 6.92 Å². The van der Waals surface area contributed by atoms with Gasteiger partial charge in [-0.15, -0.1) is 0 Å². The van der Waals surface area contributed by atoms with Gasteiger partial charge in [-0.3, -0.25) is 19.6 Å². The number of H-pyrrole nitrogens is 2. The predicted molar refractivity (Wildman–Crippen MR) is 124 cm³/mol. The fraction of sp³-hybridized carbons (Fsp3) is 0.167. The normalized spacial score (nSPS) is 11.1. The molecule has 34 heavy (non-hydrogen) atoms. The number of nitrogens with zero attached hydrogens (tertiary/aromatic N) is 6. The molecule has 0 fully saturated rings. The van der Waals surface area contributed by atoms with E-state index < -0.39 is 0 Å². The first-order valence-corrected chi connectivity index (χ1v) is 10.5. The Bertz CT molecular complexity index is 1580. The standard InChI is InChI=1S/C24H20N8O2/c1-13-23(19(9-25)31-29-13)24-16(14(2)33)5-7-22(28-24)32-12-26-18-8-15(4-6-21(18)32)17-10-27-30-20(17)11-34-3/h4-8,10,12H,11H2,1-3H3,(H,27,30)(H,29,31). The minimum absolute atomic E-state index is 0.148. The van der Waals surface area contributed by atoms with Gasteiger partial charge in [0.1, 0.15) is 18.2 Å². The van der Waals surface area contributed by atoms with E-state index in [0.29, 0.717) is 34.9 Å². The number of rotatable bonds is 6. The number of benzene rings is 1. The molecule has 0 amide bonds. The summed E-state index contributed by atoms with van der Waals surface area (Å²) in [5, 5.41) is 23.5. The van der Waals surface area contributed by atoms with E-state index in [2.05, 4.69) is 31.4 Å². The summed E-state index contributed by atoms with van der Waals surface area (Å²) in [6.07, 6.45) is 3.52. The zero-order valence-corrected chi connectivity index (χ0v) is 18.7. The van der Waals surface area contributed by atoms with Crippen LogP contribution in [0.15, 0.2) is 42.9 Å². The SMILES string of the molecule is COCc1n[nH]cc1-c1ccc2c(c1)ncn2-c1ccc(C(C)=O)c(-c2c(C#N)n[nH]c2C)n1. The lowest BCUT2D eigenvalue weighted by atomic mass is 10.0. The van der Waals surface area contributed by atoms with E-state index >= 15 is 0 Å². The molecule has 0 aliphatic heterocycles. The van der Waals surface area contributed by atoms with Gasteiger partial charge in [-0.05, 0) is 43.7 Å². The minimum atomic E-state index is -0.148. The number of hydrogen-bond acceptors (Lipinski definition) is 7. The Labute approximate surface area is 194 Å². The molecule has 10 nitrogen and oxygen atoms in total. The second-order valence-corrected chi connectivity index (χ2v) is 7.80. The third kappa shape index (κ3) is 3.44. The van der Waals surface area contributed by atoms with Gasteiger partial charge >= 0.3 is 0 Å². The number of aryl methyl sites for hydroxylation is 1. The van der Waals surface area contributed by atoms with Gasteiger partial charge < -0.3 is 4.74 Å². The summed E-state index contributed by atoms with van der Waals surface area (Å²) in [5.41, 5.74) is 6.56. The van der Waals surface area contributed by atoms with Gasteiger partial charge in [0.15, 0.2) is 11.5 Å². The van der Waals surface area contributed by atoms with Crippen molar-refractivity contribution in [3.05, 3.63) is 65.5 Å². The Morgan fingerprint density at radius 3 is 2.85 bits per heavy atom. The van der Waals surface area contributed by atoms with Crippen LogP contribution in [0.25, 0.3) is 39.2 Å². The first-order valence-electron chi connectivity index (χ1n) is 10.5. The lowest BCUT2D eigenvalue weighted by molar-refractivity contribution is 0.101. The fourth-order valence-corrected chi connectivity index (χ4v) is 4.04. The molecular formula is C24H20N8O2. The molecule has 0 bridgehead atoms. The number of nitriles is 1. The van der Waals surface area contributed by atoms with Crippen molar-refractivity contribution in [2.45, 2.75) is 20.5 Å². The number of imidazole rings is 1. The van der Waals surface area contributed by atoms with Crippen LogP contribution in [0.1, 0.15) is 34.4 Å². The van der Waals surface area contributed by atoms with Crippen LogP contribution in [0.4, 0.5) is 0 Å². The lowest BCUT2D eigenvalue weighted by Crippen LogP contribution is -2.04. The second kappa shape index (κ2) is 8.38. The maximum atomic E-state index is 12.3. The van der Waals surface area contributed by atoms with Crippen LogP contribution >= 0.6 is 0 Å². The third-order valence-electron chi connectivity index (χ3n) is 5.66. The summed E-state index contributed by atoms with van der Waals surface area (Å²) in [7, 11) is 1.63. The number of aromatic nitrogens is 7. The van der Waals surface area contributed by atoms with Crippen molar-refractivity contribution in [3.63, 3.8) is 0 Å². The predicted octanol–water partition coefficient (Wildman–Crippen LogP) is 3.73. The molecule has 0 atom stereocenters. The second-order valence-electron chi connectivity index (χ2n) is 7.80. The molecule has 0 unspecified atom stereocenters. The quantitative estimate of drug-likeness (QED) is 0.374. The summed E-state index contributed by atoms with van der Waals surface area (Å²) in [6, 6.07) is 11.5. The Morgan fingerprint density at radius 2 is 2.09 bits per heavy atom. The van der Waals surface area contributed by atoms with Crippen LogP contribution in [-0.2, 0) is 11.3 Å². The van der Waals surface area contributed by atoms with Crippen LogP contribution in [-0.4, -0.2) is 47.8 Å². The van der Waals surface area contributed by atoms with Gasteiger partial charge in [-0.2, -0.15) is 15.5 Å². The smallest absolute Gasteiger partial charge is 0.171 e. The molecule has 10 heteroatoms. The molecule has 4 heterocycles. The number of Topliss-reactive ketones (excluding diaryl/α,β-unsaturated/α-hetero) is 1. The van der Waals surface area contributed by atoms with Crippen LogP contribution in [0.5, 0.6) is 0 Å². The molecule has 0 radical (unpaired) electrons. The number of hydrogen-bond donors (Lipinski definition) is 2. The van der Waals surface area contributed by atoms with E-state index in [1.807, 2.05) is 29.0 Å². The molecule has 0 spiro atoms. The lowest BCUT2D eigenvalue weighted by Gasteiger charge is -2.10. The Hall–Kier alpha value is -4.62. The van der Waals surface area contributed by atoms with Gasteiger partial charge in [0.2, 0.25) is 0 Å². The zero-order valence-electron chi connectivity index (χ0n) is 18.7. The zero-order chi connectivity index (χ0) is 23.8. The van der Waals surface area contributed by atoms with Crippen molar-refractivity contribution in [2.24, 2.45) is 0 Å². The van der Waals surface area contributed by atoms with Crippen molar-refractivity contribution < 1.29 is 9.53 Å². The van der Waals surface area contributed by atoms with Crippen molar-refractivity contribution in [2.75, 3.05) is 7.11 Å². The number of ketones is 1. The number of ether oxygens (including phenoxy) is 1. The molecule has 1 aromatic carbocycles. The van der Waals surface area contributed by atoms with Crippen LogP contribution in [0.3, 0.4) is 0 Å². The van der Waals surface area contributed by atoms with Crippen molar-refractivity contribution in [3.8, 4) is 34.3 Å². The molecule has 0 aliphatic carbocycles. The Morgan fingerprint density at radius 1 is 1.24 bits per heavy atom. The van der Waals surface area contributed by atoms with E-state index in [-0.39, 0.29) is 11.5 Å². The number of aromatic amines is 2. The average molecular weight is 452 g/mol. The number of methoxy groups -OCH3 is 1. The number of carbonyl (C=O) groups excluding carboxylic acids is 1. The van der Waals surface area contributed by atoms with Gasteiger partial charge in [0, 0.05) is 30.1 Å². The van der Waals surface area contributed by atoms with E-state index in [9.17, 15) is 10.1 Å². The Kier molecular flexibility index (Phi) is 5.24. The summed E-state index contributed by atoms with van der Waals surface area (Å²) in [4.78, 5) is 21.7. The van der Waals surface area contributed by atoms with Gasteiger partial charge in [-0.1, -0.05) is 6.07 Å². The largest absolute Gasteiger partial charge is 0.378 e. The fourth-order valence-electron chi connectivity index (χ4n) is 4.04. The highest BCUT2D eigenvalue weighted by molar-refractivity contribution is 6.00. The topological polar surface area (TPSA) is 138 Å². The van der Waals surface area contributed by atoms with Crippen LogP contribution in [0, 0.1) is 18.3 Å². The van der Waals surface area contributed by atoms with Crippen LogP contribution in [0.2, 0.25) is 0 Å². The summed E-state index contributed by atoms with van der Waals surface area (Å²) in [6.45, 7) is 3.67. The van der Waals surface area contributed by atoms with Gasteiger partial charge in [0.25, 0.3) is 0 Å². The van der Waals surface area contributed by atoms with E-state index in [0.717, 1.165) is 27.9 Å². The molecular weight excluding hydrogens is 432 g/mol. The third-order valence-corrected chi connectivity index (χ3v) is 5.66. The molecule has 2 N–H and O–H groups in total. The van der Waals surface area contributed by atoms with Crippen LogP contribution < -0.4 is 0 Å². The molecule has 168 valence electrons. The Balaban J connectivity index is 1.63. The summed E-state index contributed by atoms with van der Waals surface area (Å²) < 4.78 is 7.08. The van der Waals surface area contributed by atoms with E-state index in [1.54, 1.807) is 32.5 Å². The first kappa shape index (κ1) is 21.2. The first-order chi connectivity index (χ1) is 16.5. The minimum Gasteiger partial charge on any atom is -0.378 e. The maximum absolute atomic E-state index is 12.3. The molecule has 5 rings (SSSR count). The maximum Gasteiger partial charge on any atom is 0.171 e. The molecule has 0 saturated heterocycles. The van der Waals surface area contributed by atoms with Crippen molar-refractivity contribution >= 4 is 16.8 Å². The van der Waals surface area contributed by atoms with Crippen molar-refractivity contribution in [1.29, 1.82) is 5.26 Å². The summed E-state index contributed by atoms with van der Waals surface area (Å²) in [5.74, 6) is 0.425. The molecule has 0 aliphatic rings. The number of nitrogens with one attached hydrogen (secondary N) is 2. The van der Waals surface area contributed by atoms with E-state index in [4.69, 9.17) is 9.72 Å². The number of fused-ring (bicyclic) bond motifs is 1.